The molecule has 0 radical (unpaired) electrons. The highest BCUT2D eigenvalue weighted by atomic mass is 16.8. The Kier molecular flexibility index (Phi) is 10.7. The van der Waals surface area contributed by atoms with Crippen LogP contribution in [0, 0.1) is 0 Å². The van der Waals surface area contributed by atoms with Crippen molar-refractivity contribution in [2.75, 3.05) is 72.5 Å². The molecule has 0 saturated carbocycles. The van der Waals surface area contributed by atoms with Gasteiger partial charge in [0.2, 0.25) is 0 Å². The zero-order chi connectivity index (χ0) is 26.1. The van der Waals surface area contributed by atoms with E-state index in [2.05, 4.69) is 29.2 Å². The number of hydrogen-bond donors (Lipinski definition) is 0. The summed E-state index contributed by atoms with van der Waals surface area (Å²) in [4.78, 5) is 2.39. The van der Waals surface area contributed by atoms with Crippen molar-refractivity contribution in [3.8, 4) is 0 Å². The third-order valence-electron chi connectivity index (χ3n) is 6.86. The van der Waals surface area contributed by atoms with Crippen LogP contribution in [0.4, 0.5) is 0 Å². The minimum Gasteiger partial charge on any atom is -0.378 e. The molecule has 3 aliphatic heterocycles. The van der Waals surface area contributed by atoms with Gasteiger partial charge >= 0.3 is 0 Å². The van der Waals surface area contributed by atoms with Gasteiger partial charge in [0.05, 0.1) is 52.9 Å². The van der Waals surface area contributed by atoms with E-state index in [0.29, 0.717) is 52.9 Å². The SMILES string of the molecule is CC1(C)OCC(C2OCCOCCN(CCc3ccccc3)CCOCCOC2C2COC(C)(C)O2)O1. The van der Waals surface area contributed by atoms with E-state index in [9.17, 15) is 0 Å². The quantitative estimate of drug-likeness (QED) is 0.579. The lowest BCUT2D eigenvalue weighted by Crippen LogP contribution is -2.51. The first-order valence-electron chi connectivity index (χ1n) is 13.6. The van der Waals surface area contributed by atoms with Crippen LogP contribution in [-0.2, 0) is 44.3 Å². The molecule has 3 aliphatic rings. The molecule has 3 saturated heterocycles. The second-order valence-corrected chi connectivity index (χ2v) is 10.7. The van der Waals surface area contributed by atoms with Crippen molar-refractivity contribution in [1.82, 2.24) is 4.90 Å². The topological polar surface area (TPSA) is 77.1 Å². The van der Waals surface area contributed by atoms with Gasteiger partial charge in [-0.05, 0) is 39.7 Å². The molecule has 9 nitrogen and oxygen atoms in total. The number of rotatable bonds is 5. The summed E-state index contributed by atoms with van der Waals surface area (Å²) >= 11 is 0. The Hall–Kier alpha value is -1.14. The fourth-order valence-corrected chi connectivity index (χ4v) is 4.93. The van der Waals surface area contributed by atoms with Gasteiger partial charge in [-0.3, -0.25) is 4.90 Å². The van der Waals surface area contributed by atoms with Gasteiger partial charge in [0.25, 0.3) is 0 Å². The fourth-order valence-electron chi connectivity index (χ4n) is 4.93. The van der Waals surface area contributed by atoms with E-state index in [1.54, 1.807) is 0 Å². The smallest absolute Gasteiger partial charge is 0.163 e. The Morgan fingerprint density at radius 2 is 1.22 bits per heavy atom. The zero-order valence-electron chi connectivity index (χ0n) is 22.9. The molecular weight excluding hydrogens is 478 g/mol. The monoisotopic (exact) mass is 523 g/mol. The van der Waals surface area contributed by atoms with E-state index in [1.807, 2.05) is 33.8 Å². The minimum atomic E-state index is -0.676. The van der Waals surface area contributed by atoms with Crippen molar-refractivity contribution in [1.29, 1.82) is 0 Å². The highest BCUT2D eigenvalue weighted by Gasteiger charge is 2.48. The second kappa shape index (κ2) is 13.8. The summed E-state index contributed by atoms with van der Waals surface area (Å²) in [5.74, 6) is -1.35. The molecule has 4 rings (SSSR count). The summed E-state index contributed by atoms with van der Waals surface area (Å²) in [5, 5.41) is 0. The zero-order valence-corrected chi connectivity index (χ0v) is 22.9. The first-order chi connectivity index (χ1) is 17.8. The van der Waals surface area contributed by atoms with Gasteiger partial charge in [-0.15, -0.1) is 0 Å². The van der Waals surface area contributed by atoms with Gasteiger partial charge in [0.1, 0.15) is 24.4 Å². The van der Waals surface area contributed by atoms with Crippen LogP contribution in [0.25, 0.3) is 0 Å². The van der Waals surface area contributed by atoms with Gasteiger partial charge in [-0.25, -0.2) is 0 Å². The van der Waals surface area contributed by atoms with E-state index in [-0.39, 0.29) is 12.2 Å². The van der Waals surface area contributed by atoms with Gasteiger partial charge in [0.15, 0.2) is 11.6 Å². The molecule has 4 unspecified atom stereocenters. The molecule has 0 amide bonds. The lowest BCUT2D eigenvalue weighted by atomic mass is 10.0. The van der Waals surface area contributed by atoms with E-state index >= 15 is 0 Å². The lowest BCUT2D eigenvalue weighted by molar-refractivity contribution is -0.207. The third-order valence-corrected chi connectivity index (χ3v) is 6.86. The van der Waals surface area contributed by atoms with Gasteiger partial charge in [-0.1, -0.05) is 30.3 Å². The maximum absolute atomic E-state index is 6.38. The maximum atomic E-state index is 6.38. The van der Waals surface area contributed by atoms with Gasteiger partial charge in [0, 0.05) is 19.6 Å². The van der Waals surface area contributed by atoms with Crippen molar-refractivity contribution in [2.24, 2.45) is 0 Å². The molecule has 4 atom stereocenters. The molecular formula is C28H45NO8. The van der Waals surface area contributed by atoms with Crippen molar-refractivity contribution in [3.63, 3.8) is 0 Å². The van der Waals surface area contributed by atoms with Crippen LogP contribution in [0.2, 0.25) is 0 Å². The summed E-state index contributed by atoms with van der Waals surface area (Å²) in [6.07, 6.45) is -0.397. The summed E-state index contributed by atoms with van der Waals surface area (Å²) < 4.78 is 48.8. The van der Waals surface area contributed by atoms with E-state index in [4.69, 9.17) is 37.9 Å². The maximum Gasteiger partial charge on any atom is 0.163 e. The van der Waals surface area contributed by atoms with Crippen molar-refractivity contribution in [3.05, 3.63) is 35.9 Å². The summed E-state index contributed by atoms with van der Waals surface area (Å²) in [7, 11) is 0. The highest BCUT2D eigenvalue weighted by Crippen LogP contribution is 2.32. The molecule has 1 aromatic carbocycles. The minimum absolute atomic E-state index is 0.294. The van der Waals surface area contributed by atoms with Crippen LogP contribution in [0.5, 0.6) is 0 Å². The van der Waals surface area contributed by atoms with Crippen LogP contribution in [0.3, 0.4) is 0 Å². The third kappa shape index (κ3) is 9.23. The van der Waals surface area contributed by atoms with Crippen molar-refractivity contribution < 1.29 is 37.9 Å². The molecule has 0 spiro atoms. The summed E-state index contributed by atoms with van der Waals surface area (Å²) in [5.41, 5.74) is 1.33. The molecule has 37 heavy (non-hydrogen) atoms. The Bertz CT molecular complexity index is 748. The normalized spacial score (nSPS) is 32.5. The predicted molar refractivity (Wildman–Crippen MR) is 138 cm³/mol. The average Bonchev–Trinajstić information content (AvgIpc) is 3.41. The molecule has 0 N–H and O–H groups in total. The summed E-state index contributed by atoms with van der Waals surface area (Å²) in [6, 6.07) is 10.6. The molecule has 3 fully saturated rings. The second-order valence-electron chi connectivity index (χ2n) is 10.7. The largest absolute Gasteiger partial charge is 0.378 e. The Morgan fingerprint density at radius 3 is 1.68 bits per heavy atom. The number of benzene rings is 1. The predicted octanol–water partition coefficient (Wildman–Crippen LogP) is 2.65. The van der Waals surface area contributed by atoms with Crippen LogP contribution in [0.1, 0.15) is 33.3 Å². The van der Waals surface area contributed by atoms with E-state index in [0.717, 1.165) is 26.1 Å². The fraction of sp³-hybridized carbons (Fsp3) is 0.786. The standard InChI is InChI=1S/C28H45NO8/c1-27(2)34-20-23(36-27)25-26(24-21-35-28(3,4)37-24)33-19-17-31-15-13-29(12-14-30-16-18-32-25)11-10-22-8-6-5-7-9-22/h5-9,23-26H,10-21H2,1-4H3. The molecule has 3 heterocycles. The molecule has 0 aliphatic carbocycles. The number of hydrogen-bond acceptors (Lipinski definition) is 9. The number of nitrogens with zero attached hydrogens (tertiary/aromatic N) is 1. The van der Waals surface area contributed by atoms with Gasteiger partial charge < -0.3 is 37.9 Å². The summed E-state index contributed by atoms with van der Waals surface area (Å²) in [6.45, 7) is 14.2. The first-order valence-corrected chi connectivity index (χ1v) is 13.6. The lowest BCUT2D eigenvalue weighted by Gasteiger charge is -2.34. The Morgan fingerprint density at radius 1 is 0.703 bits per heavy atom. The van der Waals surface area contributed by atoms with E-state index < -0.39 is 23.8 Å². The molecule has 9 heteroatoms. The molecule has 1 aromatic rings. The highest BCUT2D eigenvalue weighted by molar-refractivity contribution is 5.14. The van der Waals surface area contributed by atoms with Gasteiger partial charge in [-0.2, -0.15) is 0 Å². The average molecular weight is 524 g/mol. The van der Waals surface area contributed by atoms with Crippen LogP contribution >= 0.6 is 0 Å². The van der Waals surface area contributed by atoms with Crippen LogP contribution < -0.4 is 0 Å². The first kappa shape index (κ1) is 28.9. The van der Waals surface area contributed by atoms with E-state index in [1.165, 1.54) is 5.56 Å². The molecule has 0 aromatic heterocycles. The van der Waals surface area contributed by atoms with Crippen LogP contribution in [-0.4, -0.2) is 113 Å². The molecule has 0 bridgehead atoms. The van der Waals surface area contributed by atoms with Crippen molar-refractivity contribution >= 4 is 0 Å². The molecule has 210 valence electrons. The number of ether oxygens (including phenoxy) is 8. The van der Waals surface area contributed by atoms with Crippen molar-refractivity contribution in [2.45, 2.75) is 70.1 Å². The van der Waals surface area contributed by atoms with Crippen LogP contribution in [0.15, 0.2) is 30.3 Å². The Labute approximate surface area is 221 Å². The Balaban J connectivity index is 1.37.